The van der Waals surface area contributed by atoms with Crippen molar-refractivity contribution >= 4 is 34.5 Å². The van der Waals surface area contributed by atoms with Crippen LogP contribution in [0.4, 0.5) is 5.69 Å². The van der Waals surface area contributed by atoms with E-state index in [0.29, 0.717) is 22.0 Å². The van der Waals surface area contributed by atoms with E-state index < -0.39 is 11.2 Å². The summed E-state index contributed by atoms with van der Waals surface area (Å²) in [6, 6.07) is 18.5. The van der Waals surface area contributed by atoms with Crippen LogP contribution < -0.4 is 16.6 Å². The molecule has 4 aromatic rings. The van der Waals surface area contributed by atoms with Gasteiger partial charge >= 0.3 is 5.69 Å². The molecule has 1 N–H and O–H groups in total. The minimum Gasteiger partial charge on any atom is -0.325 e. The van der Waals surface area contributed by atoms with Gasteiger partial charge < -0.3 is 9.88 Å². The maximum Gasteiger partial charge on any atom is 0.332 e. The van der Waals surface area contributed by atoms with E-state index >= 15 is 0 Å². The van der Waals surface area contributed by atoms with E-state index in [-0.39, 0.29) is 18.2 Å². The number of aromatic nitrogens is 4. The Balaban J connectivity index is 1.63. The van der Waals surface area contributed by atoms with Crippen molar-refractivity contribution in [1.29, 1.82) is 0 Å². The summed E-state index contributed by atoms with van der Waals surface area (Å²) in [5.41, 5.74) is 1.35. The summed E-state index contributed by atoms with van der Waals surface area (Å²) >= 11 is 1.21. The molecule has 0 aliphatic carbocycles. The Morgan fingerprint density at radius 1 is 0.968 bits per heavy atom. The average Bonchev–Trinajstić information content (AvgIpc) is 3.11. The monoisotopic (exact) mass is 435 g/mol. The Hall–Kier alpha value is -3.59. The summed E-state index contributed by atoms with van der Waals surface area (Å²) in [4.78, 5) is 42.6. The number of carbonyl (C=O) groups is 1. The number of nitrogens with one attached hydrogen (secondary N) is 1. The molecule has 0 spiro atoms. The van der Waals surface area contributed by atoms with Gasteiger partial charge in [-0.3, -0.25) is 18.7 Å². The number of para-hydroxylation sites is 1. The van der Waals surface area contributed by atoms with Crippen LogP contribution in [0.25, 0.3) is 11.2 Å². The number of carbonyl (C=O) groups excluding carboxylic acids is 1. The van der Waals surface area contributed by atoms with Gasteiger partial charge in [-0.25, -0.2) is 9.78 Å². The van der Waals surface area contributed by atoms with Crippen LogP contribution in [0, 0.1) is 0 Å². The molecule has 0 saturated carbocycles. The van der Waals surface area contributed by atoms with Crippen molar-refractivity contribution in [2.24, 2.45) is 14.1 Å². The van der Waals surface area contributed by atoms with Crippen LogP contribution in [0.2, 0.25) is 0 Å². The van der Waals surface area contributed by atoms with Crippen molar-refractivity contribution in [2.75, 3.05) is 11.1 Å². The van der Waals surface area contributed by atoms with Crippen molar-refractivity contribution in [3.63, 3.8) is 0 Å². The first-order chi connectivity index (χ1) is 15.0. The second-order valence-corrected chi connectivity index (χ2v) is 7.99. The fraction of sp³-hybridized carbons (Fsp3) is 0.182. The number of fused-ring (bicyclic) bond motifs is 1. The maximum absolute atomic E-state index is 13.1. The molecule has 1 amide bonds. The van der Waals surface area contributed by atoms with Crippen LogP contribution in [0.5, 0.6) is 0 Å². The predicted molar refractivity (Wildman–Crippen MR) is 122 cm³/mol. The smallest absolute Gasteiger partial charge is 0.325 e. The molecular weight excluding hydrogens is 414 g/mol. The molecule has 2 heterocycles. The maximum atomic E-state index is 13.1. The Labute approximate surface area is 182 Å². The fourth-order valence-corrected chi connectivity index (χ4v) is 4.08. The number of amides is 1. The number of nitrogens with zero attached hydrogens (tertiary/aromatic N) is 4. The lowest BCUT2D eigenvalue weighted by atomic mass is 10.2. The molecule has 0 fully saturated rings. The second-order valence-electron chi connectivity index (χ2n) is 7.05. The third kappa shape index (κ3) is 4.17. The van der Waals surface area contributed by atoms with Gasteiger partial charge in [-0.05, 0) is 17.7 Å². The normalized spacial score (nSPS) is 11.0. The molecule has 158 valence electrons. The van der Waals surface area contributed by atoms with Gasteiger partial charge in [0.15, 0.2) is 16.3 Å². The Kier molecular flexibility index (Phi) is 5.77. The summed E-state index contributed by atoms with van der Waals surface area (Å²) in [6.45, 7) is 0.176. The molecule has 8 nitrogen and oxygen atoms in total. The lowest BCUT2D eigenvalue weighted by molar-refractivity contribution is -0.113. The van der Waals surface area contributed by atoms with Crippen molar-refractivity contribution in [2.45, 2.75) is 11.7 Å². The molecule has 0 unspecified atom stereocenters. The molecule has 0 bridgehead atoms. The second kappa shape index (κ2) is 8.65. The zero-order chi connectivity index (χ0) is 22.0. The number of hydrogen-bond donors (Lipinski definition) is 1. The summed E-state index contributed by atoms with van der Waals surface area (Å²) in [5.74, 6) is -0.0586. The first-order valence-corrected chi connectivity index (χ1v) is 10.6. The molecule has 0 radical (unpaired) electrons. The van der Waals surface area contributed by atoms with Gasteiger partial charge in [0.25, 0.3) is 5.56 Å². The van der Waals surface area contributed by atoms with Gasteiger partial charge in [-0.15, -0.1) is 0 Å². The minimum atomic E-state index is -0.433. The number of hydrogen-bond acceptors (Lipinski definition) is 5. The minimum absolute atomic E-state index is 0.123. The fourth-order valence-electron chi connectivity index (χ4n) is 3.31. The Morgan fingerprint density at radius 3 is 2.29 bits per heavy atom. The van der Waals surface area contributed by atoms with Crippen LogP contribution in [0.15, 0.2) is 75.4 Å². The van der Waals surface area contributed by atoms with Gasteiger partial charge in [0.05, 0.1) is 12.3 Å². The topological polar surface area (TPSA) is 90.9 Å². The quantitative estimate of drug-likeness (QED) is 0.469. The molecule has 0 aliphatic heterocycles. The van der Waals surface area contributed by atoms with E-state index in [1.807, 2.05) is 60.7 Å². The Morgan fingerprint density at radius 2 is 1.61 bits per heavy atom. The van der Waals surface area contributed by atoms with Crippen LogP contribution in [0.3, 0.4) is 0 Å². The van der Waals surface area contributed by atoms with Gasteiger partial charge in [-0.1, -0.05) is 60.3 Å². The number of rotatable bonds is 6. The number of aryl methyl sites for hydroxylation is 2. The SMILES string of the molecule is Cn1c(SCC(=O)Nc2ccccc2)nc2c1c(=O)n(Cc1ccccc1)c(=O)n2C. The first kappa shape index (κ1) is 20.7. The zero-order valence-electron chi connectivity index (χ0n) is 17.1. The predicted octanol–water partition coefficient (Wildman–Crippen LogP) is 2.21. The van der Waals surface area contributed by atoms with E-state index in [9.17, 15) is 14.4 Å². The van der Waals surface area contributed by atoms with E-state index in [2.05, 4.69) is 10.3 Å². The van der Waals surface area contributed by atoms with Gasteiger partial charge in [-0.2, -0.15) is 0 Å². The molecule has 0 atom stereocenters. The summed E-state index contributed by atoms with van der Waals surface area (Å²) in [7, 11) is 3.31. The van der Waals surface area contributed by atoms with Crippen LogP contribution in [-0.4, -0.2) is 30.3 Å². The number of thioether (sulfide) groups is 1. The summed E-state index contributed by atoms with van der Waals surface area (Å²) in [5, 5.41) is 3.30. The standard InChI is InChI=1S/C22H21N5O3S/c1-25-18-19(24-21(25)31-14-17(28)23-16-11-7-4-8-12-16)26(2)22(30)27(20(18)29)13-15-9-5-3-6-10-15/h3-12H,13-14H2,1-2H3,(H,23,28). The molecule has 0 aliphatic rings. The van der Waals surface area contributed by atoms with Gasteiger partial charge in [0.2, 0.25) is 5.91 Å². The molecule has 31 heavy (non-hydrogen) atoms. The van der Waals surface area contributed by atoms with Crippen molar-refractivity contribution in [1.82, 2.24) is 18.7 Å². The average molecular weight is 436 g/mol. The molecular formula is C22H21N5O3S. The Bertz CT molecular complexity index is 1360. The summed E-state index contributed by atoms with van der Waals surface area (Å²) in [6.07, 6.45) is 0. The number of imidazole rings is 1. The van der Waals surface area contributed by atoms with Crippen molar-refractivity contribution < 1.29 is 4.79 Å². The lowest BCUT2D eigenvalue weighted by Gasteiger charge is -2.08. The highest BCUT2D eigenvalue weighted by molar-refractivity contribution is 7.99. The molecule has 2 aromatic heterocycles. The molecule has 2 aromatic carbocycles. The lowest BCUT2D eigenvalue weighted by Crippen LogP contribution is -2.39. The van der Waals surface area contributed by atoms with Crippen molar-refractivity contribution in [3.05, 3.63) is 87.1 Å². The molecule has 9 heteroatoms. The zero-order valence-corrected chi connectivity index (χ0v) is 17.9. The molecule has 0 saturated heterocycles. The molecule has 4 rings (SSSR count). The van der Waals surface area contributed by atoms with E-state index in [1.165, 1.54) is 20.9 Å². The van der Waals surface area contributed by atoms with Gasteiger partial charge in [0.1, 0.15) is 0 Å². The summed E-state index contributed by atoms with van der Waals surface area (Å²) < 4.78 is 4.21. The highest BCUT2D eigenvalue weighted by atomic mass is 32.2. The van der Waals surface area contributed by atoms with Crippen LogP contribution in [-0.2, 0) is 25.4 Å². The largest absolute Gasteiger partial charge is 0.332 e. The number of benzene rings is 2. The van der Waals surface area contributed by atoms with Gasteiger partial charge in [0, 0.05) is 19.8 Å². The van der Waals surface area contributed by atoms with E-state index in [0.717, 1.165) is 5.56 Å². The van der Waals surface area contributed by atoms with E-state index in [4.69, 9.17) is 0 Å². The van der Waals surface area contributed by atoms with Crippen molar-refractivity contribution in [3.8, 4) is 0 Å². The highest BCUT2D eigenvalue weighted by Gasteiger charge is 2.19. The van der Waals surface area contributed by atoms with Crippen LogP contribution in [0.1, 0.15) is 5.56 Å². The highest BCUT2D eigenvalue weighted by Crippen LogP contribution is 2.20. The van der Waals surface area contributed by atoms with Crippen LogP contribution >= 0.6 is 11.8 Å². The third-order valence-electron chi connectivity index (χ3n) is 4.89. The number of anilines is 1. The first-order valence-electron chi connectivity index (χ1n) is 9.63. The third-order valence-corrected chi connectivity index (χ3v) is 5.92. The van der Waals surface area contributed by atoms with E-state index in [1.54, 1.807) is 18.7 Å².